The van der Waals surface area contributed by atoms with Crippen LogP contribution < -0.4 is 15.1 Å². The summed E-state index contributed by atoms with van der Waals surface area (Å²) in [4.78, 5) is 28.7. The zero-order valence-electron chi connectivity index (χ0n) is 16.3. The highest BCUT2D eigenvalue weighted by atomic mass is 16.2. The van der Waals surface area contributed by atoms with Gasteiger partial charge >= 0.3 is 0 Å². The molecule has 3 fully saturated rings. The molecule has 5 rings (SSSR count). The van der Waals surface area contributed by atoms with E-state index in [0.29, 0.717) is 24.9 Å². The van der Waals surface area contributed by atoms with E-state index in [1.807, 2.05) is 30.3 Å². The van der Waals surface area contributed by atoms with E-state index in [0.717, 1.165) is 30.3 Å². The first kappa shape index (κ1) is 18.1. The van der Waals surface area contributed by atoms with Crippen LogP contribution in [0.1, 0.15) is 30.9 Å². The summed E-state index contributed by atoms with van der Waals surface area (Å²) in [6.07, 6.45) is 2.74. The van der Waals surface area contributed by atoms with Crippen molar-refractivity contribution in [3.05, 3.63) is 48.2 Å². The average Bonchev–Trinajstić information content (AvgIpc) is 3.49. The van der Waals surface area contributed by atoms with Crippen molar-refractivity contribution in [3.63, 3.8) is 0 Å². The van der Waals surface area contributed by atoms with Crippen LogP contribution in [0, 0.1) is 11.8 Å². The van der Waals surface area contributed by atoms with E-state index in [-0.39, 0.29) is 24.2 Å². The Bertz CT molecular complexity index is 891. The summed E-state index contributed by atoms with van der Waals surface area (Å²) in [7, 11) is 0. The number of nitrogens with zero attached hydrogens (tertiary/aromatic N) is 4. The number of benzene rings is 1. The Morgan fingerprint density at radius 1 is 1.03 bits per heavy atom. The fourth-order valence-electron chi connectivity index (χ4n) is 4.12. The highest BCUT2D eigenvalue weighted by Crippen LogP contribution is 2.39. The third-order valence-electron chi connectivity index (χ3n) is 6.08. The quantitative estimate of drug-likeness (QED) is 0.814. The molecule has 2 aromatic rings. The number of aromatic nitrogens is 2. The molecule has 2 aliphatic heterocycles. The average molecular weight is 391 g/mol. The lowest BCUT2D eigenvalue weighted by atomic mass is 9.99. The zero-order valence-corrected chi connectivity index (χ0v) is 16.3. The molecule has 7 heteroatoms. The first-order valence-corrected chi connectivity index (χ1v) is 10.4. The molecule has 0 bridgehead atoms. The van der Waals surface area contributed by atoms with Gasteiger partial charge in [-0.3, -0.25) is 9.59 Å². The maximum absolute atomic E-state index is 12.5. The zero-order chi connectivity index (χ0) is 19.8. The van der Waals surface area contributed by atoms with Crippen LogP contribution in [0.15, 0.2) is 42.5 Å². The molecule has 1 aliphatic carbocycles. The highest BCUT2D eigenvalue weighted by Gasteiger charge is 2.36. The summed E-state index contributed by atoms with van der Waals surface area (Å²) in [6, 6.07) is 13.7. The van der Waals surface area contributed by atoms with E-state index >= 15 is 0 Å². The Morgan fingerprint density at radius 3 is 2.52 bits per heavy atom. The number of carbonyl (C=O) groups excluding carboxylic acids is 2. The van der Waals surface area contributed by atoms with Crippen LogP contribution >= 0.6 is 0 Å². The normalized spacial score (nSPS) is 21.9. The van der Waals surface area contributed by atoms with Gasteiger partial charge in [0.1, 0.15) is 0 Å². The molecule has 150 valence electrons. The van der Waals surface area contributed by atoms with Gasteiger partial charge < -0.3 is 15.1 Å². The molecule has 1 saturated carbocycles. The standard InChI is InChI=1S/C22H25N5O2/c28-21-10-17(14-27(21)18-4-2-1-3-5-18)22(29)23-11-15-12-26(13-15)20-9-8-19(24-25-20)16-6-7-16/h1-5,8-9,15-17H,6-7,10-14H2,(H,23,29). The van der Waals surface area contributed by atoms with E-state index in [1.54, 1.807) is 4.90 Å². The topological polar surface area (TPSA) is 78.4 Å². The molecule has 0 spiro atoms. The number of para-hydroxylation sites is 1. The lowest BCUT2D eigenvalue weighted by molar-refractivity contribution is -0.126. The molecule has 1 aromatic carbocycles. The summed E-state index contributed by atoms with van der Waals surface area (Å²) in [6.45, 7) is 2.84. The fraction of sp³-hybridized carbons (Fsp3) is 0.455. The van der Waals surface area contributed by atoms with Gasteiger partial charge in [0.2, 0.25) is 11.8 Å². The Balaban J connectivity index is 1.08. The summed E-state index contributed by atoms with van der Waals surface area (Å²) >= 11 is 0. The van der Waals surface area contributed by atoms with Crippen LogP contribution in [0.4, 0.5) is 11.5 Å². The fourth-order valence-corrected chi connectivity index (χ4v) is 4.12. The van der Waals surface area contributed by atoms with E-state index in [2.05, 4.69) is 32.5 Å². The predicted octanol–water partition coefficient (Wildman–Crippen LogP) is 1.96. The molecular weight excluding hydrogens is 366 g/mol. The summed E-state index contributed by atoms with van der Waals surface area (Å²) in [5, 5.41) is 11.7. The minimum Gasteiger partial charge on any atom is -0.355 e. The van der Waals surface area contributed by atoms with Gasteiger partial charge in [0.15, 0.2) is 5.82 Å². The van der Waals surface area contributed by atoms with Crippen molar-refractivity contribution < 1.29 is 9.59 Å². The summed E-state index contributed by atoms with van der Waals surface area (Å²) < 4.78 is 0. The molecule has 3 aliphatic rings. The summed E-state index contributed by atoms with van der Waals surface area (Å²) in [5.74, 6) is 1.65. The number of amides is 2. The van der Waals surface area contributed by atoms with Crippen molar-refractivity contribution in [2.24, 2.45) is 11.8 Å². The second-order valence-electron chi connectivity index (χ2n) is 8.35. The van der Waals surface area contributed by atoms with Gasteiger partial charge in [0, 0.05) is 50.1 Å². The molecule has 1 atom stereocenters. The molecule has 1 unspecified atom stereocenters. The van der Waals surface area contributed by atoms with Gasteiger partial charge in [0.25, 0.3) is 0 Å². The van der Waals surface area contributed by atoms with Gasteiger partial charge in [-0.2, -0.15) is 5.10 Å². The van der Waals surface area contributed by atoms with Crippen molar-refractivity contribution in [2.75, 3.05) is 36.0 Å². The van der Waals surface area contributed by atoms with E-state index in [4.69, 9.17) is 0 Å². The van der Waals surface area contributed by atoms with Gasteiger partial charge in [-0.15, -0.1) is 5.10 Å². The van der Waals surface area contributed by atoms with Gasteiger partial charge in [-0.05, 0) is 37.1 Å². The molecule has 7 nitrogen and oxygen atoms in total. The Morgan fingerprint density at radius 2 is 1.83 bits per heavy atom. The van der Waals surface area contributed by atoms with Crippen LogP contribution in [0.3, 0.4) is 0 Å². The molecular formula is C22H25N5O2. The number of nitrogens with one attached hydrogen (secondary N) is 1. The summed E-state index contributed by atoms with van der Waals surface area (Å²) in [5.41, 5.74) is 1.96. The maximum atomic E-state index is 12.5. The molecule has 0 radical (unpaired) electrons. The Labute approximate surface area is 170 Å². The van der Waals surface area contributed by atoms with Gasteiger partial charge in [-0.1, -0.05) is 18.2 Å². The lowest BCUT2D eigenvalue weighted by Crippen LogP contribution is -2.52. The van der Waals surface area contributed by atoms with Crippen LogP contribution in [0.25, 0.3) is 0 Å². The van der Waals surface area contributed by atoms with Crippen molar-refractivity contribution in [1.82, 2.24) is 15.5 Å². The van der Waals surface area contributed by atoms with Crippen molar-refractivity contribution in [1.29, 1.82) is 0 Å². The van der Waals surface area contributed by atoms with Crippen molar-refractivity contribution >= 4 is 23.3 Å². The van der Waals surface area contributed by atoms with Crippen LogP contribution in [0.2, 0.25) is 0 Å². The second kappa shape index (κ2) is 7.46. The monoisotopic (exact) mass is 391 g/mol. The second-order valence-corrected chi connectivity index (χ2v) is 8.35. The third-order valence-corrected chi connectivity index (χ3v) is 6.08. The SMILES string of the molecule is O=C(NCC1CN(c2ccc(C3CC3)nn2)C1)C1CC(=O)N(c2ccccc2)C1. The van der Waals surface area contributed by atoms with Gasteiger partial charge in [0.05, 0.1) is 11.6 Å². The number of anilines is 2. The predicted molar refractivity (Wildman–Crippen MR) is 110 cm³/mol. The minimum absolute atomic E-state index is 0.0133. The Kier molecular flexibility index (Phi) is 4.66. The molecule has 1 aromatic heterocycles. The highest BCUT2D eigenvalue weighted by molar-refractivity contribution is 6.00. The first-order valence-electron chi connectivity index (χ1n) is 10.4. The van der Waals surface area contributed by atoms with Crippen LogP contribution in [-0.2, 0) is 9.59 Å². The largest absolute Gasteiger partial charge is 0.355 e. The van der Waals surface area contributed by atoms with E-state index < -0.39 is 0 Å². The molecule has 2 saturated heterocycles. The lowest BCUT2D eigenvalue weighted by Gasteiger charge is -2.40. The number of carbonyl (C=O) groups is 2. The van der Waals surface area contributed by atoms with Gasteiger partial charge in [-0.25, -0.2) is 0 Å². The Hall–Kier alpha value is -2.96. The van der Waals surface area contributed by atoms with Crippen molar-refractivity contribution in [3.8, 4) is 0 Å². The molecule has 29 heavy (non-hydrogen) atoms. The maximum Gasteiger partial charge on any atom is 0.227 e. The first-order chi connectivity index (χ1) is 14.2. The third kappa shape index (κ3) is 3.81. The number of rotatable bonds is 6. The van der Waals surface area contributed by atoms with E-state index in [1.165, 1.54) is 12.8 Å². The number of hydrogen-bond donors (Lipinski definition) is 1. The molecule has 3 heterocycles. The van der Waals surface area contributed by atoms with Crippen molar-refractivity contribution in [2.45, 2.75) is 25.2 Å². The minimum atomic E-state index is -0.278. The van der Waals surface area contributed by atoms with Crippen LogP contribution in [-0.4, -0.2) is 48.2 Å². The van der Waals surface area contributed by atoms with E-state index in [9.17, 15) is 9.59 Å². The van der Waals surface area contributed by atoms with Crippen LogP contribution in [0.5, 0.6) is 0 Å². The molecule has 2 amide bonds. The molecule has 1 N–H and O–H groups in total. The smallest absolute Gasteiger partial charge is 0.227 e. The number of hydrogen-bond acceptors (Lipinski definition) is 5.